The summed E-state index contributed by atoms with van der Waals surface area (Å²) in [6.45, 7) is 5.29. The van der Waals surface area contributed by atoms with E-state index in [2.05, 4.69) is 5.32 Å². The van der Waals surface area contributed by atoms with Crippen molar-refractivity contribution in [2.75, 3.05) is 13.1 Å². The molecular formula is C21H35N3O3. The summed E-state index contributed by atoms with van der Waals surface area (Å²) in [6.07, 6.45) is 9.53. The summed E-state index contributed by atoms with van der Waals surface area (Å²) in [5.74, 6) is 1.06. The maximum Gasteiger partial charge on any atom is 0.243 e. The lowest BCUT2D eigenvalue weighted by atomic mass is 9.99. The van der Waals surface area contributed by atoms with Crippen molar-refractivity contribution >= 4 is 17.7 Å². The van der Waals surface area contributed by atoms with Crippen LogP contribution in [0.3, 0.4) is 0 Å². The first-order valence-electron chi connectivity index (χ1n) is 10.8. The maximum absolute atomic E-state index is 12.5. The summed E-state index contributed by atoms with van der Waals surface area (Å²) in [4.78, 5) is 41.2. The fourth-order valence-electron chi connectivity index (χ4n) is 4.98. The summed E-state index contributed by atoms with van der Waals surface area (Å²) in [6, 6.07) is -0.175. The zero-order valence-electron chi connectivity index (χ0n) is 16.9. The zero-order valence-corrected chi connectivity index (χ0v) is 16.9. The molecule has 0 aromatic heterocycles. The lowest BCUT2D eigenvalue weighted by Crippen LogP contribution is -2.54. The molecule has 0 spiro atoms. The van der Waals surface area contributed by atoms with Crippen LogP contribution in [0.25, 0.3) is 0 Å². The van der Waals surface area contributed by atoms with E-state index in [0.29, 0.717) is 32.4 Å². The van der Waals surface area contributed by atoms with Crippen LogP contribution in [0.15, 0.2) is 0 Å². The number of amides is 3. The molecule has 0 aromatic rings. The number of nitrogens with one attached hydrogen (secondary N) is 1. The summed E-state index contributed by atoms with van der Waals surface area (Å²) >= 11 is 0. The maximum atomic E-state index is 12.5. The molecule has 27 heavy (non-hydrogen) atoms. The van der Waals surface area contributed by atoms with Crippen LogP contribution in [0.2, 0.25) is 0 Å². The van der Waals surface area contributed by atoms with Gasteiger partial charge in [0.2, 0.25) is 17.7 Å². The fraction of sp³-hybridized carbons (Fsp3) is 0.857. The molecule has 0 aromatic carbocycles. The molecule has 3 fully saturated rings. The Bertz CT molecular complexity index is 549. The van der Waals surface area contributed by atoms with E-state index in [1.165, 1.54) is 25.7 Å². The SMILES string of the molecule is CC(C)NC(=O)C1CCC(=O)N1C1CCN(C(=O)CCC2CCCC2)CC1. The van der Waals surface area contributed by atoms with Crippen LogP contribution in [-0.2, 0) is 14.4 Å². The third kappa shape index (κ3) is 5.02. The molecule has 3 rings (SSSR count). The Morgan fingerprint density at radius 1 is 1.07 bits per heavy atom. The summed E-state index contributed by atoms with van der Waals surface area (Å²) < 4.78 is 0. The van der Waals surface area contributed by atoms with Gasteiger partial charge in [-0.05, 0) is 45.4 Å². The monoisotopic (exact) mass is 377 g/mol. The highest BCUT2D eigenvalue weighted by Crippen LogP contribution is 2.30. The zero-order chi connectivity index (χ0) is 19.4. The van der Waals surface area contributed by atoms with Gasteiger partial charge < -0.3 is 15.1 Å². The predicted octanol–water partition coefficient (Wildman–Crippen LogP) is 2.46. The second kappa shape index (κ2) is 9.07. The van der Waals surface area contributed by atoms with E-state index in [0.717, 1.165) is 25.2 Å². The van der Waals surface area contributed by atoms with Gasteiger partial charge in [-0.1, -0.05) is 25.7 Å². The first kappa shape index (κ1) is 20.2. The van der Waals surface area contributed by atoms with Gasteiger partial charge in [0, 0.05) is 38.0 Å². The van der Waals surface area contributed by atoms with Gasteiger partial charge in [0.25, 0.3) is 0 Å². The number of hydrogen-bond acceptors (Lipinski definition) is 3. The van der Waals surface area contributed by atoms with E-state index >= 15 is 0 Å². The Balaban J connectivity index is 1.49. The molecule has 2 saturated heterocycles. The van der Waals surface area contributed by atoms with Crippen LogP contribution in [0, 0.1) is 5.92 Å². The molecule has 1 N–H and O–H groups in total. The number of hydrogen-bond donors (Lipinski definition) is 1. The highest BCUT2D eigenvalue weighted by molar-refractivity contribution is 5.91. The van der Waals surface area contributed by atoms with Crippen molar-refractivity contribution in [2.45, 2.75) is 96.2 Å². The minimum absolute atomic E-state index is 0.0362. The van der Waals surface area contributed by atoms with Crippen LogP contribution < -0.4 is 5.32 Å². The van der Waals surface area contributed by atoms with Gasteiger partial charge >= 0.3 is 0 Å². The lowest BCUT2D eigenvalue weighted by molar-refractivity contribution is -0.140. The predicted molar refractivity (Wildman–Crippen MR) is 104 cm³/mol. The highest BCUT2D eigenvalue weighted by atomic mass is 16.2. The largest absolute Gasteiger partial charge is 0.352 e. The molecule has 1 atom stereocenters. The molecule has 3 aliphatic rings. The number of carbonyl (C=O) groups excluding carboxylic acids is 3. The first-order chi connectivity index (χ1) is 13.0. The van der Waals surface area contributed by atoms with Gasteiger partial charge in [-0.3, -0.25) is 14.4 Å². The minimum atomic E-state index is -0.338. The summed E-state index contributed by atoms with van der Waals surface area (Å²) in [7, 11) is 0. The normalized spacial score (nSPS) is 24.9. The topological polar surface area (TPSA) is 69.7 Å². The Labute approximate surface area is 163 Å². The standard InChI is InChI=1S/C21H35N3O3/c1-15(2)22-21(27)18-8-10-20(26)24(18)17-11-13-23(14-12-17)19(25)9-7-16-5-3-4-6-16/h15-18H,3-14H2,1-2H3,(H,22,27). The fourth-order valence-corrected chi connectivity index (χ4v) is 4.98. The van der Waals surface area contributed by atoms with Crippen LogP contribution in [0.1, 0.15) is 78.1 Å². The van der Waals surface area contributed by atoms with Crippen molar-refractivity contribution in [3.8, 4) is 0 Å². The van der Waals surface area contributed by atoms with Crippen LogP contribution in [0.5, 0.6) is 0 Å². The Kier molecular flexibility index (Phi) is 6.77. The van der Waals surface area contributed by atoms with Crippen LogP contribution >= 0.6 is 0 Å². The summed E-state index contributed by atoms with van der Waals surface area (Å²) in [5, 5.41) is 2.95. The van der Waals surface area contributed by atoms with Crippen LogP contribution in [-0.4, -0.2) is 58.7 Å². The van der Waals surface area contributed by atoms with Gasteiger partial charge in [0.15, 0.2) is 0 Å². The van der Waals surface area contributed by atoms with Gasteiger partial charge in [0.1, 0.15) is 6.04 Å². The third-order valence-electron chi connectivity index (χ3n) is 6.44. The molecule has 0 radical (unpaired) electrons. The number of nitrogens with zero attached hydrogens (tertiary/aromatic N) is 2. The lowest BCUT2D eigenvalue weighted by Gasteiger charge is -2.39. The molecule has 2 heterocycles. The van der Waals surface area contributed by atoms with Gasteiger partial charge in [-0.2, -0.15) is 0 Å². The van der Waals surface area contributed by atoms with Gasteiger partial charge in [-0.15, -0.1) is 0 Å². The third-order valence-corrected chi connectivity index (χ3v) is 6.44. The Hall–Kier alpha value is -1.59. The number of likely N-dealkylation sites (tertiary alicyclic amines) is 2. The van der Waals surface area contributed by atoms with E-state index in [9.17, 15) is 14.4 Å². The van der Waals surface area contributed by atoms with Crippen molar-refractivity contribution in [2.24, 2.45) is 5.92 Å². The van der Waals surface area contributed by atoms with E-state index < -0.39 is 0 Å². The van der Waals surface area contributed by atoms with Crippen molar-refractivity contribution in [3.63, 3.8) is 0 Å². The second-order valence-corrected chi connectivity index (χ2v) is 8.82. The van der Waals surface area contributed by atoms with E-state index in [4.69, 9.17) is 0 Å². The van der Waals surface area contributed by atoms with E-state index in [1.54, 1.807) is 0 Å². The average Bonchev–Trinajstić information content (AvgIpc) is 3.29. The molecule has 1 saturated carbocycles. The molecule has 6 nitrogen and oxygen atoms in total. The van der Waals surface area contributed by atoms with Crippen molar-refractivity contribution in [1.29, 1.82) is 0 Å². The smallest absolute Gasteiger partial charge is 0.243 e. The van der Waals surface area contributed by atoms with Gasteiger partial charge in [0.05, 0.1) is 0 Å². The Morgan fingerprint density at radius 3 is 2.37 bits per heavy atom. The van der Waals surface area contributed by atoms with E-state index in [-0.39, 0.29) is 35.8 Å². The van der Waals surface area contributed by atoms with Crippen molar-refractivity contribution < 1.29 is 14.4 Å². The number of piperidine rings is 1. The molecule has 152 valence electrons. The quantitative estimate of drug-likeness (QED) is 0.773. The number of rotatable bonds is 6. The average molecular weight is 378 g/mol. The molecule has 0 bridgehead atoms. The van der Waals surface area contributed by atoms with Crippen molar-refractivity contribution in [3.05, 3.63) is 0 Å². The minimum Gasteiger partial charge on any atom is -0.352 e. The van der Waals surface area contributed by atoms with E-state index in [1.807, 2.05) is 23.6 Å². The molecule has 2 aliphatic heterocycles. The molecular weight excluding hydrogens is 342 g/mol. The molecule has 3 amide bonds. The molecule has 6 heteroatoms. The van der Waals surface area contributed by atoms with Crippen molar-refractivity contribution in [1.82, 2.24) is 15.1 Å². The first-order valence-corrected chi connectivity index (χ1v) is 10.8. The second-order valence-electron chi connectivity index (χ2n) is 8.82. The molecule has 1 unspecified atom stereocenters. The summed E-state index contributed by atoms with van der Waals surface area (Å²) in [5.41, 5.74) is 0. The number of carbonyl (C=O) groups is 3. The molecule has 1 aliphatic carbocycles. The highest BCUT2D eigenvalue weighted by Gasteiger charge is 2.41. The van der Waals surface area contributed by atoms with Gasteiger partial charge in [-0.25, -0.2) is 0 Å². The Morgan fingerprint density at radius 2 is 1.74 bits per heavy atom. The van der Waals surface area contributed by atoms with Crippen LogP contribution in [0.4, 0.5) is 0 Å².